The number of hydrogen-bond donors (Lipinski definition) is 1. The first kappa shape index (κ1) is 12.0. The predicted molar refractivity (Wildman–Crippen MR) is 72.0 cm³/mol. The largest absolute Gasteiger partial charge is 0.506 e. The highest BCUT2D eigenvalue weighted by Crippen LogP contribution is 2.39. The Kier molecular flexibility index (Phi) is 2.66. The van der Waals surface area contributed by atoms with Crippen LogP contribution in [0.25, 0.3) is 10.8 Å². The van der Waals surface area contributed by atoms with Crippen molar-refractivity contribution in [3.63, 3.8) is 0 Å². The van der Waals surface area contributed by atoms with Crippen molar-refractivity contribution >= 4 is 16.6 Å². The molecule has 0 saturated carbocycles. The summed E-state index contributed by atoms with van der Waals surface area (Å²) in [5.41, 5.74) is 2.20. The molecule has 0 amide bonds. The normalized spacial score (nSPS) is 14.5. The van der Waals surface area contributed by atoms with Gasteiger partial charge < -0.3 is 9.84 Å². The molecule has 1 aromatic heterocycles. The standard InChI is InChI=1S/C15H15NO3/c1-8-6-10-7-9-4-3-5-11(17)12(9)14(18)13(10)15(16-8)19-2/h6-7,18H,3-5H2,1-2H3. The molecule has 3 rings (SSSR count). The summed E-state index contributed by atoms with van der Waals surface area (Å²) in [6, 6.07) is 3.87. The Morgan fingerprint density at radius 1 is 1.32 bits per heavy atom. The number of fused-ring (bicyclic) bond motifs is 2. The minimum absolute atomic E-state index is 0.00304. The lowest BCUT2D eigenvalue weighted by atomic mass is 9.87. The van der Waals surface area contributed by atoms with Gasteiger partial charge in [-0.15, -0.1) is 0 Å². The number of hydrogen-bond acceptors (Lipinski definition) is 4. The number of aromatic nitrogens is 1. The highest BCUT2D eigenvalue weighted by molar-refractivity contribution is 6.08. The van der Waals surface area contributed by atoms with Gasteiger partial charge in [0.05, 0.1) is 18.1 Å². The van der Waals surface area contributed by atoms with Crippen LogP contribution in [0.1, 0.15) is 34.5 Å². The third-order valence-electron chi connectivity index (χ3n) is 3.59. The zero-order valence-corrected chi connectivity index (χ0v) is 11.0. The van der Waals surface area contributed by atoms with Gasteiger partial charge >= 0.3 is 0 Å². The second kappa shape index (κ2) is 4.23. The zero-order valence-electron chi connectivity index (χ0n) is 11.0. The van der Waals surface area contributed by atoms with E-state index in [1.807, 2.05) is 19.1 Å². The molecule has 0 aliphatic heterocycles. The molecule has 0 bridgehead atoms. The van der Waals surface area contributed by atoms with Crippen molar-refractivity contribution in [2.45, 2.75) is 26.2 Å². The summed E-state index contributed by atoms with van der Waals surface area (Å²) >= 11 is 0. The third kappa shape index (κ3) is 1.75. The van der Waals surface area contributed by atoms with E-state index >= 15 is 0 Å². The predicted octanol–water partition coefficient (Wildman–Crippen LogP) is 2.78. The van der Waals surface area contributed by atoms with Crippen molar-refractivity contribution in [1.29, 1.82) is 0 Å². The smallest absolute Gasteiger partial charge is 0.225 e. The first-order valence-electron chi connectivity index (χ1n) is 6.35. The lowest BCUT2D eigenvalue weighted by molar-refractivity contribution is 0.0970. The zero-order chi connectivity index (χ0) is 13.6. The van der Waals surface area contributed by atoms with E-state index in [0.717, 1.165) is 29.5 Å². The number of phenols is 1. The third-order valence-corrected chi connectivity index (χ3v) is 3.59. The fraction of sp³-hybridized carbons (Fsp3) is 0.333. The first-order valence-corrected chi connectivity index (χ1v) is 6.35. The van der Waals surface area contributed by atoms with Crippen molar-refractivity contribution < 1.29 is 14.6 Å². The molecule has 2 aromatic rings. The van der Waals surface area contributed by atoms with Crippen molar-refractivity contribution in [2.75, 3.05) is 7.11 Å². The van der Waals surface area contributed by atoms with Crippen LogP contribution in [0.2, 0.25) is 0 Å². The summed E-state index contributed by atoms with van der Waals surface area (Å²) in [6.07, 6.45) is 2.17. The molecule has 0 unspecified atom stereocenters. The summed E-state index contributed by atoms with van der Waals surface area (Å²) in [7, 11) is 1.52. The summed E-state index contributed by atoms with van der Waals surface area (Å²) in [4.78, 5) is 16.3. The fourth-order valence-electron chi connectivity index (χ4n) is 2.78. The van der Waals surface area contributed by atoms with E-state index in [4.69, 9.17) is 4.74 Å². The number of nitrogens with zero attached hydrogens (tertiary/aromatic N) is 1. The highest BCUT2D eigenvalue weighted by Gasteiger charge is 2.24. The highest BCUT2D eigenvalue weighted by atomic mass is 16.5. The number of benzene rings is 1. The van der Waals surface area contributed by atoms with Gasteiger partial charge in [0.25, 0.3) is 0 Å². The lowest BCUT2D eigenvalue weighted by Crippen LogP contribution is -2.11. The number of carbonyl (C=O) groups excluding carboxylic acids is 1. The number of carbonyl (C=O) groups is 1. The van der Waals surface area contributed by atoms with E-state index in [-0.39, 0.29) is 11.5 Å². The molecule has 4 heteroatoms. The Labute approximate surface area is 111 Å². The maximum atomic E-state index is 12.0. The van der Waals surface area contributed by atoms with Gasteiger partial charge in [-0.2, -0.15) is 0 Å². The molecular formula is C15H15NO3. The topological polar surface area (TPSA) is 59.4 Å². The average molecular weight is 257 g/mol. The van der Waals surface area contributed by atoms with Crippen molar-refractivity contribution in [1.82, 2.24) is 4.98 Å². The number of ether oxygens (including phenoxy) is 1. The van der Waals surface area contributed by atoms with E-state index in [1.165, 1.54) is 7.11 Å². The van der Waals surface area contributed by atoms with Crippen LogP contribution in [0.15, 0.2) is 12.1 Å². The Balaban J connectivity index is 2.43. The Morgan fingerprint density at radius 3 is 2.84 bits per heavy atom. The molecule has 0 radical (unpaired) electrons. The van der Waals surface area contributed by atoms with Crippen LogP contribution >= 0.6 is 0 Å². The molecule has 98 valence electrons. The molecule has 1 N–H and O–H groups in total. The quantitative estimate of drug-likeness (QED) is 0.853. The van der Waals surface area contributed by atoms with Crippen LogP contribution in [0.5, 0.6) is 11.6 Å². The number of pyridine rings is 1. The van der Waals surface area contributed by atoms with Gasteiger partial charge in [0, 0.05) is 12.1 Å². The summed E-state index contributed by atoms with van der Waals surface area (Å²) in [6.45, 7) is 1.88. The molecule has 1 aliphatic rings. The summed E-state index contributed by atoms with van der Waals surface area (Å²) in [5, 5.41) is 11.8. The second-order valence-corrected chi connectivity index (χ2v) is 4.91. The van der Waals surface area contributed by atoms with Gasteiger partial charge in [0.2, 0.25) is 5.88 Å². The number of methoxy groups -OCH3 is 1. The molecular weight excluding hydrogens is 242 g/mol. The van der Waals surface area contributed by atoms with Crippen molar-refractivity contribution in [3.05, 3.63) is 29.0 Å². The van der Waals surface area contributed by atoms with E-state index in [9.17, 15) is 9.90 Å². The second-order valence-electron chi connectivity index (χ2n) is 4.91. The number of Topliss-reactive ketones (excluding diaryl/α,β-unsaturated/α-hetero) is 1. The molecule has 19 heavy (non-hydrogen) atoms. The number of aryl methyl sites for hydroxylation is 2. The lowest BCUT2D eigenvalue weighted by Gasteiger charge is -2.18. The number of ketones is 1. The van der Waals surface area contributed by atoms with Gasteiger partial charge in [-0.05, 0) is 42.8 Å². The summed E-state index contributed by atoms with van der Waals surface area (Å²) < 4.78 is 5.23. The minimum Gasteiger partial charge on any atom is -0.506 e. The van der Waals surface area contributed by atoms with E-state index in [1.54, 1.807) is 0 Å². The van der Waals surface area contributed by atoms with Crippen LogP contribution in [0, 0.1) is 6.92 Å². The van der Waals surface area contributed by atoms with E-state index in [2.05, 4.69) is 4.98 Å². The van der Waals surface area contributed by atoms with Gasteiger partial charge in [-0.1, -0.05) is 0 Å². The molecule has 0 fully saturated rings. The number of aromatic hydroxyl groups is 1. The van der Waals surface area contributed by atoms with Crippen LogP contribution in [-0.2, 0) is 6.42 Å². The minimum atomic E-state index is 0.00304. The Bertz CT molecular complexity index is 692. The molecule has 1 heterocycles. The van der Waals surface area contributed by atoms with E-state index < -0.39 is 0 Å². The SMILES string of the molecule is COc1nc(C)cc2cc3c(c(O)c12)C(=O)CCC3. The van der Waals surface area contributed by atoms with E-state index in [0.29, 0.717) is 23.3 Å². The number of phenolic OH excluding ortho intramolecular Hbond substituents is 1. The Hall–Kier alpha value is -2.10. The van der Waals surface area contributed by atoms with Crippen LogP contribution in [0.3, 0.4) is 0 Å². The maximum absolute atomic E-state index is 12.0. The van der Waals surface area contributed by atoms with Crippen LogP contribution in [-0.4, -0.2) is 23.0 Å². The van der Waals surface area contributed by atoms with Crippen LogP contribution in [0.4, 0.5) is 0 Å². The molecule has 1 aliphatic carbocycles. The average Bonchev–Trinajstić information content (AvgIpc) is 2.37. The number of rotatable bonds is 1. The molecule has 0 spiro atoms. The van der Waals surface area contributed by atoms with Gasteiger partial charge in [-0.25, -0.2) is 4.98 Å². The molecule has 4 nitrogen and oxygen atoms in total. The monoisotopic (exact) mass is 257 g/mol. The van der Waals surface area contributed by atoms with Crippen molar-refractivity contribution in [2.24, 2.45) is 0 Å². The first-order chi connectivity index (χ1) is 9.11. The molecule has 0 saturated heterocycles. The molecule has 0 atom stereocenters. The maximum Gasteiger partial charge on any atom is 0.225 e. The summed E-state index contributed by atoms with van der Waals surface area (Å²) in [5.74, 6) is 0.388. The molecule has 1 aromatic carbocycles. The van der Waals surface area contributed by atoms with Crippen molar-refractivity contribution in [3.8, 4) is 11.6 Å². The van der Waals surface area contributed by atoms with Crippen LogP contribution < -0.4 is 4.74 Å². The van der Waals surface area contributed by atoms with Gasteiger partial charge in [-0.3, -0.25) is 4.79 Å². The Morgan fingerprint density at radius 2 is 2.11 bits per heavy atom. The fourth-order valence-corrected chi connectivity index (χ4v) is 2.78. The van der Waals surface area contributed by atoms with Gasteiger partial charge in [0.1, 0.15) is 5.75 Å². The van der Waals surface area contributed by atoms with Gasteiger partial charge in [0.15, 0.2) is 5.78 Å².